The second-order valence-electron chi connectivity index (χ2n) is 4.08. The lowest BCUT2D eigenvalue weighted by Crippen LogP contribution is -2.37. The molecule has 0 aromatic carbocycles. The number of ether oxygens (including phenoxy) is 2. The number of hydrogen-bond donors (Lipinski definition) is 3. The Morgan fingerprint density at radius 2 is 2.37 bits per heavy atom. The highest BCUT2D eigenvalue weighted by atomic mass is 32.1. The lowest BCUT2D eigenvalue weighted by Gasteiger charge is -2.20. The molecule has 0 amide bonds. The Kier molecular flexibility index (Phi) is 4.11. The van der Waals surface area contributed by atoms with Gasteiger partial charge in [0.1, 0.15) is 23.0 Å². The molecule has 1 aromatic heterocycles. The monoisotopic (exact) mass is 292 g/mol. The Labute approximate surface area is 112 Å². The number of nitrogens with zero attached hydrogens (tertiary/aromatic N) is 1. The largest absolute Gasteiger partial charge is 0.394 e. The van der Waals surface area contributed by atoms with E-state index in [4.69, 9.17) is 14.6 Å². The van der Waals surface area contributed by atoms with Gasteiger partial charge in [0, 0.05) is 7.11 Å². The minimum absolute atomic E-state index is 0.313. The summed E-state index contributed by atoms with van der Waals surface area (Å²) in [4.78, 5) is 13.9. The van der Waals surface area contributed by atoms with Crippen molar-refractivity contribution >= 4 is 12.2 Å². The van der Waals surface area contributed by atoms with E-state index in [1.165, 1.54) is 7.11 Å². The number of aliphatic hydroxyl groups is 2. The minimum atomic E-state index is -1.13. The van der Waals surface area contributed by atoms with Crippen LogP contribution in [0.2, 0.25) is 0 Å². The maximum absolute atomic E-state index is 13.4. The first-order chi connectivity index (χ1) is 8.99. The van der Waals surface area contributed by atoms with Crippen molar-refractivity contribution in [1.29, 1.82) is 0 Å². The summed E-state index contributed by atoms with van der Waals surface area (Å²) in [5.41, 5.74) is -0.691. The van der Waals surface area contributed by atoms with Crippen LogP contribution in [-0.4, -0.2) is 51.8 Å². The molecule has 0 saturated carbocycles. The van der Waals surface area contributed by atoms with E-state index >= 15 is 0 Å². The van der Waals surface area contributed by atoms with Gasteiger partial charge < -0.3 is 19.7 Å². The van der Waals surface area contributed by atoms with Gasteiger partial charge in [-0.1, -0.05) is 12.2 Å². The molecule has 1 fully saturated rings. The minimum Gasteiger partial charge on any atom is -0.394 e. The Balaban J connectivity index is 2.44. The van der Waals surface area contributed by atoms with Crippen molar-refractivity contribution in [3.05, 3.63) is 27.1 Å². The van der Waals surface area contributed by atoms with E-state index in [0.29, 0.717) is 0 Å². The average molecular weight is 292 g/mol. The van der Waals surface area contributed by atoms with Gasteiger partial charge in [-0.3, -0.25) is 9.55 Å². The summed E-state index contributed by atoms with van der Waals surface area (Å²) in [7, 11) is 1.32. The molecule has 4 unspecified atom stereocenters. The van der Waals surface area contributed by atoms with Crippen LogP contribution in [0.4, 0.5) is 4.39 Å². The maximum Gasteiger partial charge on any atom is 0.328 e. The summed E-state index contributed by atoms with van der Waals surface area (Å²) < 4.78 is 24.3. The highest BCUT2D eigenvalue weighted by Crippen LogP contribution is 2.30. The topological polar surface area (TPSA) is 96.7 Å². The fourth-order valence-electron chi connectivity index (χ4n) is 2.00. The molecule has 3 N–H and O–H groups in total. The molecule has 106 valence electrons. The van der Waals surface area contributed by atoms with Crippen LogP contribution in [0.5, 0.6) is 0 Å². The third kappa shape index (κ3) is 2.47. The van der Waals surface area contributed by atoms with Crippen LogP contribution in [0.1, 0.15) is 6.23 Å². The Morgan fingerprint density at radius 1 is 1.68 bits per heavy atom. The van der Waals surface area contributed by atoms with Gasteiger partial charge in [0.2, 0.25) is 0 Å². The van der Waals surface area contributed by atoms with E-state index in [1.54, 1.807) is 0 Å². The highest BCUT2D eigenvalue weighted by Gasteiger charge is 2.45. The summed E-state index contributed by atoms with van der Waals surface area (Å²) in [6.07, 6.45) is -3.11. The van der Waals surface area contributed by atoms with Crippen LogP contribution in [0.15, 0.2) is 11.0 Å². The van der Waals surface area contributed by atoms with Crippen LogP contribution in [-0.2, 0) is 9.47 Å². The third-order valence-corrected chi connectivity index (χ3v) is 3.26. The first-order valence-electron chi connectivity index (χ1n) is 5.47. The SMILES string of the molecule is COC1C(O)C(CO)OC1n1cc(F)c(=S)[nH]c1=O. The van der Waals surface area contributed by atoms with Crippen LogP contribution >= 0.6 is 12.2 Å². The van der Waals surface area contributed by atoms with Crippen LogP contribution in [0, 0.1) is 10.5 Å². The van der Waals surface area contributed by atoms with Crippen molar-refractivity contribution in [1.82, 2.24) is 9.55 Å². The van der Waals surface area contributed by atoms with Gasteiger partial charge in [-0.15, -0.1) is 0 Å². The number of aliphatic hydroxyl groups excluding tert-OH is 2. The van der Waals surface area contributed by atoms with Crippen LogP contribution < -0.4 is 5.69 Å². The maximum atomic E-state index is 13.4. The highest BCUT2D eigenvalue weighted by molar-refractivity contribution is 7.71. The number of halogens is 1. The van der Waals surface area contributed by atoms with Crippen molar-refractivity contribution in [2.24, 2.45) is 0 Å². The number of H-pyrrole nitrogens is 1. The standard InChI is InChI=1S/C10H13FN2O5S/c1-17-7-6(15)5(3-14)18-9(7)13-2-4(11)8(19)12-10(13)16/h2,5-7,9,14-15H,3H2,1H3,(H,12,16,19). The third-order valence-electron chi connectivity index (χ3n) is 2.96. The molecule has 9 heteroatoms. The van der Waals surface area contributed by atoms with Crippen LogP contribution in [0.3, 0.4) is 0 Å². The van der Waals surface area contributed by atoms with Crippen molar-refractivity contribution in [2.75, 3.05) is 13.7 Å². The normalized spacial score (nSPS) is 30.7. The summed E-state index contributed by atoms with van der Waals surface area (Å²) in [5, 5.41) is 18.9. The molecule has 4 atom stereocenters. The van der Waals surface area contributed by atoms with E-state index in [1.807, 2.05) is 0 Å². The molecule has 0 aliphatic carbocycles. The predicted molar refractivity (Wildman–Crippen MR) is 63.6 cm³/mol. The smallest absolute Gasteiger partial charge is 0.328 e. The molecule has 1 saturated heterocycles. The average Bonchev–Trinajstić information content (AvgIpc) is 2.70. The number of methoxy groups -OCH3 is 1. The van der Waals surface area contributed by atoms with E-state index in [0.717, 1.165) is 10.8 Å². The van der Waals surface area contributed by atoms with Crippen LogP contribution in [0.25, 0.3) is 0 Å². The van der Waals surface area contributed by atoms with E-state index in [9.17, 15) is 14.3 Å². The number of hydrogen-bond acceptors (Lipinski definition) is 6. The summed E-state index contributed by atoms with van der Waals surface area (Å²) in [6.45, 7) is -0.447. The van der Waals surface area contributed by atoms with Gasteiger partial charge >= 0.3 is 5.69 Å². The van der Waals surface area contributed by atoms with Crippen molar-refractivity contribution in [3.8, 4) is 0 Å². The summed E-state index contributed by atoms with van der Waals surface area (Å²) in [6, 6.07) is 0. The molecule has 1 aliphatic heterocycles. The Bertz CT molecular complexity index is 574. The van der Waals surface area contributed by atoms with Crippen molar-refractivity contribution in [2.45, 2.75) is 24.5 Å². The molecule has 7 nitrogen and oxygen atoms in total. The number of rotatable bonds is 3. The summed E-state index contributed by atoms with van der Waals surface area (Å²) in [5.74, 6) is -0.796. The zero-order valence-corrected chi connectivity index (χ0v) is 10.8. The van der Waals surface area contributed by atoms with E-state index < -0.39 is 42.7 Å². The molecule has 1 aliphatic rings. The van der Waals surface area contributed by atoms with Crippen molar-refractivity contribution in [3.63, 3.8) is 0 Å². The van der Waals surface area contributed by atoms with Gasteiger partial charge in [-0.2, -0.15) is 0 Å². The Hall–Kier alpha value is -1.13. The quantitative estimate of drug-likeness (QED) is 0.638. The lowest BCUT2D eigenvalue weighted by atomic mass is 10.1. The summed E-state index contributed by atoms with van der Waals surface area (Å²) >= 11 is 4.60. The number of nitrogens with one attached hydrogen (secondary N) is 1. The molecule has 2 heterocycles. The first kappa shape index (κ1) is 14.3. The molecular weight excluding hydrogens is 279 g/mol. The molecular formula is C10H13FN2O5S. The molecule has 0 spiro atoms. The van der Waals surface area contributed by atoms with Gasteiger partial charge in [-0.25, -0.2) is 9.18 Å². The van der Waals surface area contributed by atoms with Gasteiger partial charge in [-0.05, 0) is 0 Å². The van der Waals surface area contributed by atoms with Gasteiger partial charge in [0.15, 0.2) is 12.0 Å². The van der Waals surface area contributed by atoms with Crippen molar-refractivity contribution < 1.29 is 24.1 Å². The zero-order valence-electron chi connectivity index (χ0n) is 9.95. The second-order valence-corrected chi connectivity index (χ2v) is 4.49. The number of aromatic amines is 1. The first-order valence-corrected chi connectivity index (χ1v) is 5.88. The molecule has 2 rings (SSSR count). The fraction of sp³-hybridized carbons (Fsp3) is 0.600. The molecule has 0 bridgehead atoms. The van der Waals surface area contributed by atoms with Gasteiger partial charge in [0.05, 0.1) is 12.8 Å². The predicted octanol–water partition coefficient (Wildman–Crippen LogP) is -0.689. The number of aromatic nitrogens is 2. The second kappa shape index (κ2) is 5.47. The molecule has 1 aromatic rings. The zero-order chi connectivity index (χ0) is 14.2. The Morgan fingerprint density at radius 3 is 2.95 bits per heavy atom. The molecule has 19 heavy (non-hydrogen) atoms. The molecule has 0 radical (unpaired) electrons. The van der Waals surface area contributed by atoms with E-state index in [2.05, 4.69) is 17.2 Å². The lowest BCUT2D eigenvalue weighted by molar-refractivity contribution is -0.0629. The van der Waals surface area contributed by atoms with E-state index in [-0.39, 0.29) is 4.64 Å². The van der Waals surface area contributed by atoms with Gasteiger partial charge in [0.25, 0.3) is 0 Å². The fourth-order valence-corrected chi connectivity index (χ4v) is 2.14.